The lowest BCUT2D eigenvalue weighted by Gasteiger charge is -2.08. The summed E-state index contributed by atoms with van der Waals surface area (Å²) in [6, 6.07) is 4.72. The molecule has 0 aliphatic heterocycles. The lowest BCUT2D eigenvalue weighted by Crippen LogP contribution is -2.09. The second-order valence-electron chi connectivity index (χ2n) is 3.01. The highest BCUT2D eigenvalue weighted by atomic mass is 35.5. The van der Waals surface area contributed by atoms with Crippen molar-refractivity contribution in [2.75, 3.05) is 12.9 Å². The van der Waals surface area contributed by atoms with Crippen LogP contribution in [0.25, 0.3) is 0 Å². The predicted molar refractivity (Wildman–Crippen MR) is 63.7 cm³/mol. The average molecular weight is 263 g/mol. The lowest BCUT2D eigenvalue weighted by atomic mass is 10.1. The van der Waals surface area contributed by atoms with E-state index in [9.17, 15) is 9.18 Å². The Balaban J connectivity index is 2.92. The fraction of sp³-hybridized carbons (Fsp3) is 0.364. The number of methoxy groups -OCH3 is 1. The number of alkyl halides is 1. The van der Waals surface area contributed by atoms with Gasteiger partial charge in [-0.15, -0.1) is 11.8 Å². The van der Waals surface area contributed by atoms with E-state index >= 15 is 0 Å². The first-order chi connectivity index (χ1) is 7.60. The van der Waals surface area contributed by atoms with Gasteiger partial charge < -0.3 is 4.74 Å². The normalized spacial score (nSPS) is 12.2. The molecule has 0 saturated heterocycles. The summed E-state index contributed by atoms with van der Waals surface area (Å²) < 4.78 is 17.8. The minimum Gasteiger partial charge on any atom is -0.467 e. The van der Waals surface area contributed by atoms with Crippen molar-refractivity contribution in [3.63, 3.8) is 0 Å². The van der Waals surface area contributed by atoms with E-state index in [1.807, 2.05) is 6.92 Å². The third-order valence-corrected chi connectivity index (χ3v) is 3.34. The zero-order chi connectivity index (χ0) is 12.1. The molecule has 0 amide bonds. The third kappa shape index (κ3) is 3.12. The maximum absolute atomic E-state index is 13.5. The van der Waals surface area contributed by atoms with Gasteiger partial charge in [-0.2, -0.15) is 0 Å². The number of carbonyl (C=O) groups excluding carboxylic acids is 1. The molecule has 1 atom stereocenters. The molecule has 1 unspecified atom stereocenters. The van der Waals surface area contributed by atoms with E-state index < -0.39 is 12.1 Å². The molecule has 0 aliphatic rings. The van der Waals surface area contributed by atoms with Gasteiger partial charge in [-0.25, -0.2) is 9.18 Å². The van der Waals surface area contributed by atoms with Crippen LogP contribution in [0.3, 0.4) is 0 Å². The molecule has 2 nitrogen and oxygen atoms in total. The number of esters is 1. The first-order valence-corrected chi connectivity index (χ1v) is 6.10. The highest BCUT2D eigenvalue weighted by Gasteiger charge is 2.20. The first kappa shape index (κ1) is 13.3. The van der Waals surface area contributed by atoms with Gasteiger partial charge in [0.1, 0.15) is 0 Å². The van der Waals surface area contributed by atoms with Gasteiger partial charge in [-0.3, -0.25) is 0 Å². The number of benzene rings is 1. The Morgan fingerprint density at radius 2 is 2.31 bits per heavy atom. The van der Waals surface area contributed by atoms with E-state index in [0.717, 1.165) is 17.8 Å². The van der Waals surface area contributed by atoms with Gasteiger partial charge in [0.2, 0.25) is 6.17 Å². The summed E-state index contributed by atoms with van der Waals surface area (Å²) in [6.07, 6.45) is -1.77. The quantitative estimate of drug-likeness (QED) is 0.612. The van der Waals surface area contributed by atoms with Crippen LogP contribution in [0.15, 0.2) is 23.1 Å². The van der Waals surface area contributed by atoms with Gasteiger partial charge >= 0.3 is 5.97 Å². The Morgan fingerprint density at radius 3 is 2.81 bits per heavy atom. The van der Waals surface area contributed by atoms with Gasteiger partial charge in [-0.1, -0.05) is 24.6 Å². The van der Waals surface area contributed by atoms with Crippen LogP contribution in [0.4, 0.5) is 4.39 Å². The average Bonchev–Trinajstić information content (AvgIpc) is 2.30. The second-order valence-corrected chi connectivity index (χ2v) is 4.72. The molecular weight excluding hydrogens is 251 g/mol. The molecule has 1 aromatic rings. The number of thioether (sulfide) groups is 1. The molecule has 0 saturated carbocycles. The minimum absolute atomic E-state index is 0.220. The minimum atomic E-state index is -1.77. The largest absolute Gasteiger partial charge is 0.467 e. The highest BCUT2D eigenvalue weighted by Crippen LogP contribution is 2.30. The van der Waals surface area contributed by atoms with E-state index in [0.29, 0.717) is 5.02 Å². The summed E-state index contributed by atoms with van der Waals surface area (Å²) in [7, 11) is 1.15. The number of hydrogen-bond donors (Lipinski definition) is 0. The van der Waals surface area contributed by atoms with Crippen molar-refractivity contribution in [1.82, 2.24) is 0 Å². The van der Waals surface area contributed by atoms with Crippen molar-refractivity contribution < 1.29 is 13.9 Å². The van der Waals surface area contributed by atoms with Crippen LogP contribution in [0.5, 0.6) is 0 Å². The van der Waals surface area contributed by atoms with E-state index in [4.69, 9.17) is 11.6 Å². The third-order valence-electron chi connectivity index (χ3n) is 1.96. The van der Waals surface area contributed by atoms with Crippen molar-refractivity contribution in [3.05, 3.63) is 28.8 Å². The van der Waals surface area contributed by atoms with Crippen LogP contribution in [-0.4, -0.2) is 18.8 Å². The first-order valence-electron chi connectivity index (χ1n) is 4.74. The summed E-state index contributed by atoms with van der Waals surface area (Å²) in [4.78, 5) is 11.9. The Bertz CT molecular complexity index is 384. The topological polar surface area (TPSA) is 26.3 Å². The van der Waals surface area contributed by atoms with Gasteiger partial charge in [0.15, 0.2) is 0 Å². The molecule has 0 aromatic heterocycles. The number of rotatable bonds is 4. The molecule has 0 fully saturated rings. The molecule has 5 heteroatoms. The number of ether oxygens (including phenoxy) is 1. The van der Waals surface area contributed by atoms with Gasteiger partial charge in [-0.05, 0) is 23.4 Å². The fourth-order valence-electron chi connectivity index (χ4n) is 1.19. The molecule has 0 heterocycles. The van der Waals surface area contributed by atoms with Crippen molar-refractivity contribution >= 4 is 29.3 Å². The Morgan fingerprint density at radius 1 is 1.62 bits per heavy atom. The Kier molecular flexibility index (Phi) is 5.09. The molecule has 88 valence electrons. The van der Waals surface area contributed by atoms with Gasteiger partial charge in [0.05, 0.1) is 12.1 Å². The molecule has 0 spiro atoms. The van der Waals surface area contributed by atoms with Crippen LogP contribution in [0.1, 0.15) is 18.7 Å². The maximum atomic E-state index is 13.5. The van der Waals surface area contributed by atoms with Crippen LogP contribution in [-0.2, 0) is 9.53 Å². The van der Waals surface area contributed by atoms with E-state index in [1.165, 1.54) is 6.07 Å². The molecule has 16 heavy (non-hydrogen) atoms. The predicted octanol–water partition coefficient (Wildman–Crippen LogP) is 3.64. The molecule has 0 radical (unpaired) electrons. The zero-order valence-corrected chi connectivity index (χ0v) is 10.6. The monoisotopic (exact) mass is 262 g/mol. The fourth-order valence-corrected chi connectivity index (χ4v) is 2.21. The molecule has 0 N–H and O–H groups in total. The number of halogens is 2. The van der Waals surface area contributed by atoms with Crippen LogP contribution in [0.2, 0.25) is 5.02 Å². The van der Waals surface area contributed by atoms with Crippen LogP contribution in [0, 0.1) is 0 Å². The molecule has 0 bridgehead atoms. The highest BCUT2D eigenvalue weighted by molar-refractivity contribution is 7.99. The molecule has 1 aromatic carbocycles. The molecule has 1 rings (SSSR count). The van der Waals surface area contributed by atoms with Gasteiger partial charge in [0.25, 0.3) is 0 Å². The smallest absolute Gasteiger partial charge is 0.345 e. The van der Waals surface area contributed by atoms with Crippen LogP contribution >= 0.6 is 23.4 Å². The van der Waals surface area contributed by atoms with E-state index in [1.54, 1.807) is 23.9 Å². The SMILES string of the molecule is CCSc1ccc(C(F)C(=O)OC)cc1Cl. The number of hydrogen-bond acceptors (Lipinski definition) is 3. The Hall–Kier alpha value is -0.740. The second kappa shape index (κ2) is 6.11. The summed E-state index contributed by atoms with van der Waals surface area (Å²) in [5.41, 5.74) is 0.220. The maximum Gasteiger partial charge on any atom is 0.345 e. The zero-order valence-electron chi connectivity index (χ0n) is 9.00. The summed E-state index contributed by atoms with van der Waals surface area (Å²) in [6.45, 7) is 2.00. The van der Waals surface area contributed by atoms with Crippen molar-refractivity contribution in [1.29, 1.82) is 0 Å². The number of carbonyl (C=O) groups is 1. The van der Waals surface area contributed by atoms with Crippen molar-refractivity contribution in [2.45, 2.75) is 18.0 Å². The van der Waals surface area contributed by atoms with Crippen LogP contribution < -0.4 is 0 Å². The molecular formula is C11H12ClFO2S. The standard InChI is InChI=1S/C11H12ClFO2S/c1-3-16-9-5-4-7(6-8(9)12)10(13)11(14)15-2/h4-6,10H,3H2,1-2H3. The Labute approximate surface area is 103 Å². The van der Waals surface area contributed by atoms with Crippen molar-refractivity contribution in [2.24, 2.45) is 0 Å². The summed E-state index contributed by atoms with van der Waals surface area (Å²) >= 11 is 7.53. The van der Waals surface area contributed by atoms with Gasteiger partial charge in [0, 0.05) is 4.90 Å². The summed E-state index contributed by atoms with van der Waals surface area (Å²) in [5, 5.41) is 0.455. The van der Waals surface area contributed by atoms with E-state index in [-0.39, 0.29) is 5.56 Å². The lowest BCUT2D eigenvalue weighted by molar-refractivity contribution is -0.146. The van der Waals surface area contributed by atoms with E-state index in [2.05, 4.69) is 4.74 Å². The summed E-state index contributed by atoms with van der Waals surface area (Å²) in [5.74, 6) is -0.0262. The molecule has 0 aliphatic carbocycles. The van der Waals surface area contributed by atoms with Crippen molar-refractivity contribution in [3.8, 4) is 0 Å².